The molecule has 0 amide bonds. The largest absolute Gasteiger partial charge is 0.497 e. The second kappa shape index (κ2) is 5.06. The Morgan fingerprint density at radius 1 is 1.11 bits per heavy atom. The van der Waals surface area contributed by atoms with Crippen LogP contribution in [0.5, 0.6) is 5.75 Å². The molecule has 0 spiro atoms. The summed E-state index contributed by atoms with van der Waals surface area (Å²) in [4.78, 5) is 2.42. The Kier molecular flexibility index (Phi) is 3.26. The summed E-state index contributed by atoms with van der Waals surface area (Å²) in [5.74, 6) is 0.954. The van der Waals surface area contributed by atoms with Crippen molar-refractivity contribution < 1.29 is 4.74 Å². The van der Waals surface area contributed by atoms with E-state index in [9.17, 15) is 0 Å². The minimum Gasteiger partial charge on any atom is -0.497 e. The van der Waals surface area contributed by atoms with Crippen molar-refractivity contribution in [2.45, 2.75) is 12.5 Å². The summed E-state index contributed by atoms with van der Waals surface area (Å²) in [5.41, 5.74) is 4.17. The SMILES string of the molecule is COc1ccc2c(c1)CCN(C)[C@@H]2c1ccccc1. The van der Waals surface area contributed by atoms with Crippen molar-refractivity contribution in [2.24, 2.45) is 0 Å². The molecule has 0 saturated heterocycles. The molecular formula is C17H19NO. The molecule has 0 N–H and O–H groups in total. The van der Waals surface area contributed by atoms with Crippen LogP contribution in [0.4, 0.5) is 0 Å². The van der Waals surface area contributed by atoms with E-state index in [0.29, 0.717) is 6.04 Å². The number of ether oxygens (including phenoxy) is 1. The van der Waals surface area contributed by atoms with Gasteiger partial charge in [0.2, 0.25) is 0 Å². The number of likely N-dealkylation sites (N-methyl/N-ethyl adjacent to an activating group) is 1. The predicted octanol–water partition coefficient (Wildman–Crippen LogP) is 3.27. The molecular weight excluding hydrogens is 234 g/mol. The first-order chi connectivity index (χ1) is 9.29. The molecule has 1 aliphatic heterocycles. The zero-order valence-corrected chi connectivity index (χ0v) is 11.5. The third kappa shape index (κ3) is 2.24. The Balaban J connectivity index is 2.07. The highest BCUT2D eigenvalue weighted by molar-refractivity contribution is 5.43. The maximum absolute atomic E-state index is 5.33. The topological polar surface area (TPSA) is 12.5 Å². The van der Waals surface area contributed by atoms with Crippen LogP contribution in [0, 0.1) is 0 Å². The van der Waals surface area contributed by atoms with Gasteiger partial charge in [0.15, 0.2) is 0 Å². The fraction of sp³-hybridized carbons (Fsp3) is 0.294. The number of benzene rings is 2. The predicted molar refractivity (Wildman–Crippen MR) is 77.6 cm³/mol. The van der Waals surface area contributed by atoms with Gasteiger partial charge in [-0.05, 0) is 42.3 Å². The summed E-state index contributed by atoms with van der Waals surface area (Å²) in [7, 11) is 3.93. The summed E-state index contributed by atoms with van der Waals surface area (Å²) in [6.45, 7) is 1.08. The number of hydrogen-bond acceptors (Lipinski definition) is 2. The first kappa shape index (κ1) is 12.2. The summed E-state index contributed by atoms with van der Waals surface area (Å²) < 4.78 is 5.33. The van der Waals surface area contributed by atoms with Gasteiger partial charge in [0, 0.05) is 6.54 Å². The molecule has 3 rings (SSSR count). The summed E-state index contributed by atoms with van der Waals surface area (Å²) in [6.07, 6.45) is 1.09. The van der Waals surface area contributed by atoms with E-state index >= 15 is 0 Å². The van der Waals surface area contributed by atoms with Crippen LogP contribution >= 0.6 is 0 Å². The molecule has 2 aromatic rings. The Labute approximate surface area is 114 Å². The van der Waals surface area contributed by atoms with Crippen LogP contribution in [0.25, 0.3) is 0 Å². The van der Waals surface area contributed by atoms with E-state index < -0.39 is 0 Å². The molecule has 1 atom stereocenters. The van der Waals surface area contributed by atoms with Crippen molar-refractivity contribution in [3.05, 3.63) is 65.2 Å². The van der Waals surface area contributed by atoms with Crippen molar-refractivity contribution in [1.29, 1.82) is 0 Å². The first-order valence-corrected chi connectivity index (χ1v) is 6.71. The van der Waals surface area contributed by atoms with Crippen LogP contribution in [0.2, 0.25) is 0 Å². The summed E-state index contributed by atoms with van der Waals surface area (Å²) >= 11 is 0. The normalized spacial score (nSPS) is 18.9. The molecule has 0 aromatic heterocycles. The van der Waals surface area contributed by atoms with E-state index in [0.717, 1.165) is 18.7 Å². The molecule has 2 heteroatoms. The minimum absolute atomic E-state index is 0.357. The zero-order chi connectivity index (χ0) is 13.2. The highest BCUT2D eigenvalue weighted by Gasteiger charge is 2.26. The lowest BCUT2D eigenvalue weighted by molar-refractivity contribution is 0.264. The highest BCUT2D eigenvalue weighted by atomic mass is 16.5. The number of rotatable bonds is 2. The number of nitrogens with zero attached hydrogens (tertiary/aromatic N) is 1. The van der Waals surface area contributed by atoms with Crippen molar-refractivity contribution >= 4 is 0 Å². The van der Waals surface area contributed by atoms with Gasteiger partial charge in [-0.25, -0.2) is 0 Å². The van der Waals surface area contributed by atoms with Gasteiger partial charge in [-0.15, -0.1) is 0 Å². The molecule has 1 heterocycles. The van der Waals surface area contributed by atoms with E-state index in [1.54, 1.807) is 7.11 Å². The standard InChI is InChI=1S/C17H19NO/c1-18-11-10-14-12-15(19-2)8-9-16(14)17(18)13-6-4-3-5-7-13/h3-9,12,17H,10-11H2,1-2H3/t17-/m1/s1. The molecule has 1 aliphatic rings. The maximum atomic E-state index is 5.33. The monoisotopic (exact) mass is 253 g/mol. The van der Waals surface area contributed by atoms with Gasteiger partial charge in [-0.3, -0.25) is 4.90 Å². The molecule has 2 nitrogen and oxygen atoms in total. The molecule has 2 aromatic carbocycles. The third-order valence-corrected chi connectivity index (χ3v) is 3.93. The van der Waals surface area contributed by atoms with Gasteiger partial charge in [0.1, 0.15) is 5.75 Å². The fourth-order valence-electron chi connectivity index (χ4n) is 2.93. The van der Waals surface area contributed by atoms with Gasteiger partial charge < -0.3 is 4.74 Å². The van der Waals surface area contributed by atoms with Crippen LogP contribution < -0.4 is 4.74 Å². The van der Waals surface area contributed by atoms with Crippen molar-refractivity contribution in [2.75, 3.05) is 20.7 Å². The minimum atomic E-state index is 0.357. The maximum Gasteiger partial charge on any atom is 0.119 e. The molecule has 0 fully saturated rings. The van der Waals surface area contributed by atoms with Gasteiger partial charge in [-0.1, -0.05) is 36.4 Å². The van der Waals surface area contributed by atoms with E-state index in [1.807, 2.05) is 0 Å². The van der Waals surface area contributed by atoms with Crippen LogP contribution in [0.3, 0.4) is 0 Å². The quantitative estimate of drug-likeness (QED) is 0.814. The Hall–Kier alpha value is -1.80. The lowest BCUT2D eigenvalue weighted by Gasteiger charge is -2.35. The molecule has 0 saturated carbocycles. The molecule has 19 heavy (non-hydrogen) atoms. The lowest BCUT2D eigenvalue weighted by Crippen LogP contribution is -2.32. The second-order valence-corrected chi connectivity index (χ2v) is 5.11. The number of methoxy groups -OCH3 is 1. The summed E-state index contributed by atoms with van der Waals surface area (Å²) in [6, 6.07) is 17.5. The number of hydrogen-bond donors (Lipinski definition) is 0. The molecule has 0 radical (unpaired) electrons. The van der Waals surface area contributed by atoms with Crippen LogP contribution in [0.1, 0.15) is 22.7 Å². The van der Waals surface area contributed by atoms with Crippen LogP contribution in [-0.2, 0) is 6.42 Å². The van der Waals surface area contributed by atoms with Crippen molar-refractivity contribution in [3.8, 4) is 5.75 Å². The summed E-state index contributed by atoms with van der Waals surface area (Å²) in [5, 5.41) is 0. The van der Waals surface area contributed by atoms with Gasteiger partial charge >= 0.3 is 0 Å². The van der Waals surface area contributed by atoms with E-state index in [1.165, 1.54) is 16.7 Å². The average molecular weight is 253 g/mol. The molecule has 0 unspecified atom stereocenters. The first-order valence-electron chi connectivity index (χ1n) is 6.71. The Morgan fingerprint density at radius 2 is 1.89 bits per heavy atom. The second-order valence-electron chi connectivity index (χ2n) is 5.11. The molecule has 0 aliphatic carbocycles. The Morgan fingerprint density at radius 3 is 2.63 bits per heavy atom. The van der Waals surface area contributed by atoms with Crippen LogP contribution in [-0.4, -0.2) is 25.6 Å². The van der Waals surface area contributed by atoms with Gasteiger partial charge in [0.25, 0.3) is 0 Å². The number of fused-ring (bicyclic) bond motifs is 1. The fourth-order valence-corrected chi connectivity index (χ4v) is 2.93. The zero-order valence-electron chi connectivity index (χ0n) is 11.5. The molecule has 98 valence electrons. The van der Waals surface area contributed by atoms with Crippen molar-refractivity contribution in [1.82, 2.24) is 4.90 Å². The molecule has 0 bridgehead atoms. The van der Waals surface area contributed by atoms with Gasteiger partial charge in [0.05, 0.1) is 13.2 Å². The van der Waals surface area contributed by atoms with E-state index in [4.69, 9.17) is 4.74 Å². The van der Waals surface area contributed by atoms with E-state index in [-0.39, 0.29) is 0 Å². The van der Waals surface area contributed by atoms with Crippen molar-refractivity contribution in [3.63, 3.8) is 0 Å². The van der Waals surface area contributed by atoms with E-state index in [2.05, 4.69) is 60.5 Å². The third-order valence-electron chi connectivity index (χ3n) is 3.93. The average Bonchev–Trinajstić information content (AvgIpc) is 2.47. The lowest BCUT2D eigenvalue weighted by atomic mass is 9.88. The Bertz CT molecular complexity index is 565. The van der Waals surface area contributed by atoms with Gasteiger partial charge in [-0.2, -0.15) is 0 Å². The van der Waals surface area contributed by atoms with Crippen LogP contribution in [0.15, 0.2) is 48.5 Å². The highest BCUT2D eigenvalue weighted by Crippen LogP contribution is 2.35. The smallest absolute Gasteiger partial charge is 0.119 e.